The summed E-state index contributed by atoms with van der Waals surface area (Å²) in [7, 11) is -14.0. The van der Waals surface area contributed by atoms with Crippen LogP contribution in [0.1, 0.15) is 20.8 Å². The van der Waals surface area contributed by atoms with Gasteiger partial charge in [-0.2, -0.15) is 39.5 Å². The van der Waals surface area contributed by atoms with Crippen molar-refractivity contribution in [1.82, 2.24) is 0 Å². The summed E-state index contributed by atoms with van der Waals surface area (Å²) >= 11 is 0. The molecule has 0 aliphatic carbocycles. The normalized spacial score (nSPS) is 28.7. The van der Waals surface area contributed by atoms with Crippen molar-refractivity contribution in [2.75, 3.05) is 39.6 Å². The zero-order valence-electron chi connectivity index (χ0n) is 17.3. The monoisotopic (exact) mass is 567 g/mol. The zero-order chi connectivity index (χ0) is 25.6. The minimum Gasteiger partial charge on any atom is -0.307 e. The van der Waals surface area contributed by atoms with Gasteiger partial charge in [0.15, 0.2) is 19.8 Å². The van der Waals surface area contributed by atoms with Crippen LogP contribution in [-0.2, 0) is 27.1 Å². The van der Waals surface area contributed by atoms with E-state index in [1.54, 1.807) is 0 Å². The van der Waals surface area contributed by atoms with Gasteiger partial charge in [0.25, 0.3) is 0 Å². The molecule has 198 valence electrons. The third-order valence-electron chi connectivity index (χ3n) is 2.76. The molecule has 0 unspecified atom stereocenters. The van der Waals surface area contributed by atoms with E-state index < -0.39 is 81.1 Å². The number of rotatable bonds is 12. The first kappa shape index (κ1) is 30.9. The fourth-order valence-electron chi connectivity index (χ4n) is 1.88. The molecule has 0 fully saturated rings. The Balaban J connectivity index is 3.84. The topological polar surface area (TPSA) is 92.5 Å². The summed E-state index contributed by atoms with van der Waals surface area (Å²) in [5, 5.41) is 0. The van der Waals surface area contributed by atoms with Crippen LogP contribution in [0, 0.1) is 0 Å². The van der Waals surface area contributed by atoms with Gasteiger partial charge >= 0.3 is 41.5 Å². The number of hydrogen-bond acceptors (Lipinski definition) is 9. The summed E-state index contributed by atoms with van der Waals surface area (Å²) in [4.78, 5) is 0. The second kappa shape index (κ2) is 11.7. The third kappa shape index (κ3) is 11.0. The molecule has 0 aromatic rings. The smallest absolute Gasteiger partial charge is 0.307 e. The Hall–Kier alpha value is -0.180. The minimum atomic E-state index is -4.98. The molecule has 33 heavy (non-hydrogen) atoms. The quantitative estimate of drug-likeness (QED) is 0.177. The lowest BCUT2D eigenvalue weighted by atomic mass is 10.7. The Kier molecular flexibility index (Phi) is 10.9. The molecule has 0 aromatic heterocycles. The van der Waals surface area contributed by atoms with Gasteiger partial charge in [-0.3, -0.25) is 13.6 Å². The highest BCUT2D eigenvalue weighted by Gasteiger charge is 2.47. The predicted molar refractivity (Wildman–Crippen MR) is 98.9 cm³/mol. The maximum atomic E-state index is 12.8. The number of hydrogen-bond donors (Lipinski definition) is 0. The Morgan fingerprint density at radius 3 is 0.818 bits per heavy atom. The van der Waals surface area contributed by atoms with Gasteiger partial charge in [0, 0.05) is 0 Å². The lowest BCUT2D eigenvalue weighted by molar-refractivity contribution is -0.154. The van der Waals surface area contributed by atoms with Gasteiger partial charge in [-0.05, 0) is 20.8 Å². The molecule has 0 spiro atoms. The van der Waals surface area contributed by atoms with E-state index in [9.17, 15) is 39.5 Å². The molecule has 1 rings (SSSR count). The molecular weight excluding hydrogens is 546 g/mol. The van der Waals surface area contributed by atoms with E-state index in [-0.39, 0.29) is 0 Å². The Labute approximate surface area is 183 Å². The van der Waals surface area contributed by atoms with Crippen molar-refractivity contribution in [2.24, 2.45) is 13.5 Å². The third-order valence-corrected chi connectivity index (χ3v) is 11.4. The van der Waals surface area contributed by atoms with Crippen LogP contribution in [0.25, 0.3) is 0 Å². The average Bonchev–Trinajstić information content (AvgIpc) is 2.63. The van der Waals surface area contributed by atoms with E-state index in [0.29, 0.717) is 0 Å². The van der Waals surface area contributed by atoms with E-state index >= 15 is 0 Å². The van der Waals surface area contributed by atoms with Gasteiger partial charge in [0.2, 0.25) is 0 Å². The molecule has 1 heterocycles. The fourth-order valence-corrected chi connectivity index (χ4v) is 11.4. The van der Waals surface area contributed by atoms with Crippen molar-refractivity contribution in [2.45, 2.75) is 39.3 Å². The van der Waals surface area contributed by atoms with Crippen LogP contribution in [0.4, 0.5) is 39.5 Å². The lowest BCUT2D eigenvalue weighted by Crippen LogP contribution is -2.19. The van der Waals surface area contributed by atoms with E-state index in [1.807, 2.05) is 0 Å². The molecule has 0 bridgehead atoms. The first-order valence-corrected chi connectivity index (χ1v) is 13.5. The van der Waals surface area contributed by atoms with Crippen LogP contribution in [-0.4, -0.2) is 58.2 Å². The zero-order valence-corrected chi connectivity index (χ0v) is 20.0. The summed E-state index contributed by atoms with van der Waals surface area (Å²) in [6, 6.07) is 0. The fraction of sp³-hybridized carbons (Fsp3) is 1.00. The predicted octanol–water partition coefficient (Wildman–Crippen LogP) is 7.68. The van der Waals surface area contributed by atoms with Gasteiger partial charge in [-0.25, -0.2) is 0 Å². The first-order valence-electron chi connectivity index (χ1n) is 8.91. The number of alkyl halides is 9. The molecule has 21 heteroatoms. The van der Waals surface area contributed by atoms with Crippen molar-refractivity contribution >= 4 is 23.0 Å². The van der Waals surface area contributed by atoms with Gasteiger partial charge in [0.1, 0.15) is 0 Å². The molecule has 0 atom stereocenters. The van der Waals surface area contributed by atoms with Crippen LogP contribution in [0.3, 0.4) is 0 Å². The minimum absolute atomic E-state index is 0.449. The SMILES string of the molecule is CCOP1(OCC(F)(F)F)=NP(OCC)(OCC(F)(F)F)=NP(OCC)(OCC(F)(F)F)=N1. The van der Waals surface area contributed by atoms with Crippen LogP contribution in [0.5, 0.6) is 0 Å². The highest BCUT2D eigenvalue weighted by molar-refractivity contribution is 7.78. The summed E-state index contributed by atoms with van der Waals surface area (Å²) in [5.41, 5.74) is 0. The maximum absolute atomic E-state index is 12.8. The van der Waals surface area contributed by atoms with Crippen molar-refractivity contribution in [3.05, 3.63) is 0 Å². The van der Waals surface area contributed by atoms with Crippen LogP contribution < -0.4 is 0 Å². The molecule has 0 N–H and O–H groups in total. The molecule has 1 aliphatic heterocycles. The van der Waals surface area contributed by atoms with E-state index in [0.717, 1.165) is 0 Å². The summed E-state index contributed by atoms with van der Waals surface area (Å²) in [6.45, 7) is -3.74. The summed E-state index contributed by atoms with van der Waals surface area (Å²) in [5.74, 6) is 0. The maximum Gasteiger partial charge on any atom is 0.412 e. The summed E-state index contributed by atoms with van der Waals surface area (Å²) < 4.78 is 156. The number of halogens is 9. The second-order valence-electron chi connectivity index (χ2n) is 5.66. The molecular formula is C12H21F9N3O6P3. The van der Waals surface area contributed by atoms with E-state index in [4.69, 9.17) is 13.6 Å². The summed E-state index contributed by atoms with van der Waals surface area (Å²) in [6.07, 6.45) is -14.9. The van der Waals surface area contributed by atoms with Crippen molar-refractivity contribution in [3.63, 3.8) is 0 Å². The standard InChI is InChI=1S/C12H21F9N3O6P3/c1-4-25-31(28-7-10(13,14)15)22-32(26-5-2,29-8-11(16,17)18)24-33(23-31,27-6-3)30-9-12(19,20)21/h4-9H2,1-3H3. The van der Waals surface area contributed by atoms with Gasteiger partial charge < -0.3 is 13.6 Å². The molecule has 0 saturated heterocycles. The lowest BCUT2D eigenvalue weighted by Gasteiger charge is -2.33. The van der Waals surface area contributed by atoms with Gasteiger partial charge in [-0.1, -0.05) is 0 Å². The average molecular weight is 567 g/mol. The molecule has 9 nitrogen and oxygen atoms in total. The first-order chi connectivity index (χ1) is 14.9. The van der Waals surface area contributed by atoms with E-state index in [1.165, 1.54) is 20.8 Å². The van der Waals surface area contributed by atoms with Crippen molar-refractivity contribution < 1.29 is 66.7 Å². The molecule has 0 saturated carbocycles. The number of nitrogens with zero attached hydrogens (tertiary/aromatic N) is 3. The molecule has 0 radical (unpaired) electrons. The Morgan fingerprint density at radius 2 is 0.667 bits per heavy atom. The second-order valence-corrected chi connectivity index (χ2v) is 12.3. The van der Waals surface area contributed by atoms with Crippen LogP contribution in [0.15, 0.2) is 13.5 Å². The molecule has 0 aromatic carbocycles. The highest BCUT2D eigenvalue weighted by atomic mass is 31.3. The highest BCUT2D eigenvalue weighted by Crippen LogP contribution is 2.80. The largest absolute Gasteiger partial charge is 0.412 e. The van der Waals surface area contributed by atoms with Crippen molar-refractivity contribution in [3.8, 4) is 0 Å². The van der Waals surface area contributed by atoms with Crippen molar-refractivity contribution in [1.29, 1.82) is 0 Å². The Morgan fingerprint density at radius 1 is 0.455 bits per heavy atom. The van der Waals surface area contributed by atoms with Gasteiger partial charge in [-0.15, -0.1) is 13.5 Å². The Bertz CT molecular complexity index is 694. The van der Waals surface area contributed by atoms with Crippen LogP contribution >= 0.6 is 23.0 Å². The van der Waals surface area contributed by atoms with E-state index in [2.05, 4.69) is 27.1 Å². The molecule has 1 aliphatic rings. The van der Waals surface area contributed by atoms with Gasteiger partial charge in [0.05, 0.1) is 19.8 Å². The van der Waals surface area contributed by atoms with Crippen LogP contribution in [0.2, 0.25) is 0 Å². The molecule has 0 amide bonds.